The minimum Gasteiger partial charge on any atom is -0.509 e. The summed E-state index contributed by atoms with van der Waals surface area (Å²) in [5.74, 6) is 4.10. The first-order valence-electron chi connectivity index (χ1n) is 16.9. The molecule has 1 aliphatic heterocycles. The molecule has 7 heteroatoms. The van der Waals surface area contributed by atoms with Gasteiger partial charge in [-0.15, -0.1) is 48.1 Å². The van der Waals surface area contributed by atoms with Gasteiger partial charge in [0.25, 0.3) is 0 Å². The number of aromatic nitrogens is 3. The van der Waals surface area contributed by atoms with Crippen LogP contribution in [-0.2, 0) is 26.5 Å². The van der Waals surface area contributed by atoms with Gasteiger partial charge in [0, 0.05) is 56.0 Å². The van der Waals surface area contributed by atoms with Crippen molar-refractivity contribution in [3.63, 3.8) is 0 Å². The van der Waals surface area contributed by atoms with E-state index in [-0.39, 0.29) is 32.0 Å². The number of hydrogen-bond donors (Lipinski definition) is 0. The molecule has 3 aromatic heterocycles. The molecule has 3 aliphatic carbocycles. The van der Waals surface area contributed by atoms with Gasteiger partial charge in [-0.05, 0) is 91.1 Å². The van der Waals surface area contributed by atoms with Crippen molar-refractivity contribution in [2.24, 2.45) is 5.92 Å². The van der Waals surface area contributed by atoms with Gasteiger partial charge >= 0.3 is 0 Å². The molecule has 3 aromatic carbocycles. The smallest absolute Gasteiger partial charge is 0.135 e. The largest absolute Gasteiger partial charge is 0.509 e. The van der Waals surface area contributed by atoms with Crippen molar-refractivity contribution in [1.29, 1.82) is 0 Å². The van der Waals surface area contributed by atoms with E-state index in [0.717, 1.165) is 50.7 Å². The minimum atomic E-state index is 0. The van der Waals surface area contributed by atoms with Crippen LogP contribution >= 0.6 is 0 Å². The van der Waals surface area contributed by atoms with Gasteiger partial charge in [0.15, 0.2) is 0 Å². The molecule has 4 heterocycles. The molecule has 0 N–H and O–H groups in total. The summed E-state index contributed by atoms with van der Waals surface area (Å²) in [7, 11) is 0. The summed E-state index contributed by atoms with van der Waals surface area (Å²) in [6, 6.07) is 34.3. The minimum absolute atomic E-state index is 0. The maximum Gasteiger partial charge on any atom is 0.135 e. The summed E-state index contributed by atoms with van der Waals surface area (Å²) < 4.78 is 8.71. The summed E-state index contributed by atoms with van der Waals surface area (Å²) in [5.41, 5.74) is 5.44. The standard InChI is InChI=1S/C41H38N5O.Pt/c1-40(2,3)29-18-23-42-38(24-29)46-35-11-5-4-10-33(35)34-14-13-32(26-37(34)46)47-31-9-6-8-30(25-31)44-27-45(39-36(44)12-7-22-43-39)41-19-15-28(16-20-41)17-21-41;/h4-14,18,22-24,27-28H,15-17,19-21H2,1-3H3;/q-3;. The van der Waals surface area contributed by atoms with Gasteiger partial charge < -0.3 is 19.1 Å². The summed E-state index contributed by atoms with van der Waals surface area (Å²) >= 11 is 0. The van der Waals surface area contributed by atoms with Crippen LogP contribution in [0.25, 0.3) is 27.6 Å². The third kappa shape index (κ3) is 5.11. The van der Waals surface area contributed by atoms with Crippen LogP contribution in [0.2, 0.25) is 0 Å². The predicted molar refractivity (Wildman–Crippen MR) is 189 cm³/mol. The molecule has 0 spiro atoms. The summed E-state index contributed by atoms with van der Waals surface area (Å²) in [5, 5.41) is 2.27. The third-order valence-electron chi connectivity index (χ3n) is 10.7. The topological polar surface area (TPSA) is 46.4 Å². The molecule has 0 amide bonds. The molecule has 6 nitrogen and oxygen atoms in total. The Morgan fingerprint density at radius 2 is 1.60 bits per heavy atom. The molecular weight excluding hydrogens is 774 g/mol. The van der Waals surface area contributed by atoms with Crippen molar-refractivity contribution in [1.82, 2.24) is 14.5 Å². The zero-order valence-corrected chi connectivity index (χ0v) is 29.8. The molecular formula is C41H38N5OPt-3. The van der Waals surface area contributed by atoms with Crippen LogP contribution in [0.3, 0.4) is 0 Å². The van der Waals surface area contributed by atoms with Crippen molar-refractivity contribution in [2.75, 3.05) is 9.80 Å². The van der Waals surface area contributed by atoms with E-state index in [1.54, 1.807) is 0 Å². The number of rotatable bonds is 5. The summed E-state index contributed by atoms with van der Waals surface area (Å²) in [6.45, 7) is 8.95. The SMILES string of the molecule is CC(C)(C)c1ccnc(-n2c3[c-]c(Oc4[c-]c(N5[CH-]N(C67CCC(CC6)CC7)c6ncccc65)ccc4)ccc3c3ccccc32)c1.[Pt]. The Morgan fingerprint density at radius 3 is 2.42 bits per heavy atom. The molecule has 48 heavy (non-hydrogen) atoms. The average molecular weight is 812 g/mol. The number of anilines is 3. The second-order valence-electron chi connectivity index (χ2n) is 14.5. The van der Waals surface area contributed by atoms with Crippen LogP contribution in [0, 0.1) is 24.7 Å². The third-order valence-corrected chi connectivity index (χ3v) is 10.7. The zero-order chi connectivity index (χ0) is 31.8. The van der Waals surface area contributed by atoms with Crippen molar-refractivity contribution < 1.29 is 25.8 Å². The van der Waals surface area contributed by atoms with Crippen LogP contribution in [0.1, 0.15) is 64.9 Å². The normalized spacial score (nSPS) is 20.3. The summed E-state index contributed by atoms with van der Waals surface area (Å²) in [6.07, 6.45) is 11.5. The molecule has 3 saturated carbocycles. The Kier molecular flexibility index (Phi) is 7.63. The van der Waals surface area contributed by atoms with Gasteiger partial charge in [-0.1, -0.05) is 44.5 Å². The monoisotopic (exact) mass is 811 g/mol. The Bertz CT molecular complexity index is 2130. The molecule has 246 valence electrons. The van der Waals surface area contributed by atoms with Gasteiger partial charge in [0.05, 0.1) is 5.69 Å². The second-order valence-corrected chi connectivity index (χ2v) is 14.5. The molecule has 0 radical (unpaired) electrons. The summed E-state index contributed by atoms with van der Waals surface area (Å²) in [4.78, 5) is 14.4. The van der Waals surface area contributed by atoms with E-state index in [0.29, 0.717) is 11.5 Å². The maximum absolute atomic E-state index is 6.52. The first-order chi connectivity index (χ1) is 22.9. The molecule has 10 rings (SSSR count). The Balaban J connectivity index is 0.00000336. The Hall–Kier alpha value is -4.15. The van der Waals surface area contributed by atoms with Crippen molar-refractivity contribution >= 4 is 39.0 Å². The van der Waals surface area contributed by atoms with Crippen LogP contribution in [-0.4, -0.2) is 20.1 Å². The van der Waals surface area contributed by atoms with E-state index in [1.807, 2.05) is 36.7 Å². The molecule has 2 bridgehead atoms. The van der Waals surface area contributed by atoms with Gasteiger partial charge in [0.2, 0.25) is 0 Å². The van der Waals surface area contributed by atoms with E-state index in [2.05, 4.69) is 109 Å². The van der Waals surface area contributed by atoms with Crippen LogP contribution in [0.15, 0.2) is 91.3 Å². The zero-order valence-electron chi connectivity index (χ0n) is 27.5. The van der Waals surface area contributed by atoms with E-state index >= 15 is 0 Å². The van der Waals surface area contributed by atoms with E-state index in [1.165, 1.54) is 44.1 Å². The van der Waals surface area contributed by atoms with Crippen molar-refractivity contribution in [3.8, 4) is 17.3 Å². The number of benzene rings is 3. The van der Waals surface area contributed by atoms with Gasteiger partial charge in [-0.3, -0.25) is 0 Å². The first-order valence-corrected chi connectivity index (χ1v) is 16.9. The number of ether oxygens (including phenoxy) is 1. The number of para-hydroxylation sites is 1. The second kappa shape index (κ2) is 11.8. The van der Waals surface area contributed by atoms with Crippen molar-refractivity contribution in [2.45, 2.75) is 70.3 Å². The number of pyridine rings is 2. The maximum atomic E-state index is 6.52. The number of nitrogens with zero attached hydrogens (tertiary/aromatic N) is 5. The fourth-order valence-corrected chi connectivity index (χ4v) is 8.05. The van der Waals surface area contributed by atoms with Crippen LogP contribution in [0.4, 0.5) is 17.2 Å². The van der Waals surface area contributed by atoms with Gasteiger partial charge in [0.1, 0.15) is 11.6 Å². The fraction of sp³-hybridized carbons (Fsp3) is 0.293. The van der Waals surface area contributed by atoms with E-state index in [9.17, 15) is 0 Å². The molecule has 3 fully saturated rings. The van der Waals surface area contributed by atoms with Crippen LogP contribution < -0.4 is 14.5 Å². The first kappa shape index (κ1) is 31.1. The van der Waals surface area contributed by atoms with Crippen molar-refractivity contribution in [3.05, 3.63) is 116 Å². The van der Waals surface area contributed by atoms with E-state index in [4.69, 9.17) is 14.7 Å². The molecule has 0 atom stereocenters. The Morgan fingerprint density at radius 1 is 0.812 bits per heavy atom. The quantitative estimate of drug-likeness (QED) is 0.162. The number of fused-ring (bicyclic) bond motifs is 7. The molecule has 0 unspecified atom stereocenters. The molecule has 0 saturated heterocycles. The van der Waals surface area contributed by atoms with Gasteiger partial charge in [-0.25, -0.2) is 9.97 Å². The predicted octanol–water partition coefficient (Wildman–Crippen LogP) is 10.1. The Labute approximate surface area is 297 Å². The van der Waals surface area contributed by atoms with Crippen LogP contribution in [0.5, 0.6) is 11.5 Å². The molecule has 4 aliphatic rings. The fourth-order valence-electron chi connectivity index (χ4n) is 8.05. The van der Waals surface area contributed by atoms with E-state index < -0.39 is 0 Å². The molecule has 6 aromatic rings. The number of hydrogen-bond acceptors (Lipinski definition) is 5. The van der Waals surface area contributed by atoms with Gasteiger partial charge in [-0.2, -0.15) is 12.1 Å². The average Bonchev–Trinajstić information content (AvgIpc) is 3.66.